The lowest BCUT2D eigenvalue weighted by atomic mass is 9.84. The van der Waals surface area contributed by atoms with Gasteiger partial charge in [-0.25, -0.2) is 15.8 Å². The van der Waals surface area contributed by atoms with Gasteiger partial charge in [0.25, 0.3) is 0 Å². The van der Waals surface area contributed by atoms with Gasteiger partial charge in [-0.2, -0.15) is 0 Å². The zero-order valence-electron chi connectivity index (χ0n) is 13.8. The van der Waals surface area contributed by atoms with E-state index in [9.17, 15) is 0 Å². The molecule has 0 radical (unpaired) electrons. The number of nitrogen functional groups attached to an aromatic ring is 1. The Morgan fingerprint density at radius 2 is 1.95 bits per heavy atom. The number of aromatic nitrogens is 2. The molecule has 1 aromatic rings. The summed E-state index contributed by atoms with van der Waals surface area (Å²) >= 11 is 0. The summed E-state index contributed by atoms with van der Waals surface area (Å²) in [5, 5.41) is 0. The number of nitrogens with zero attached hydrogens (tertiary/aromatic N) is 3. The summed E-state index contributed by atoms with van der Waals surface area (Å²) in [7, 11) is 2.14. The Hall–Kier alpha value is -1.36. The molecule has 0 bridgehead atoms. The standard InChI is InChI=1S/C16H29N5/c1-5-12-6-8-13(9-7-12)21(4)15-10-14(20-17)18-16(19-15)11(2)3/h10-13H,5-9,17H2,1-4H3,(H,18,19,20). The summed E-state index contributed by atoms with van der Waals surface area (Å²) < 4.78 is 0. The molecule has 1 aliphatic rings. The number of nitrogens with one attached hydrogen (secondary N) is 1. The van der Waals surface area contributed by atoms with E-state index in [1.54, 1.807) is 0 Å². The molecule has 21 heavy (non-hydrogen) atoms. The molecular weight excluding hydrogens is 262 g/mol. The number of nitrogens with two attached hydrogens (primary N) is 1. The molecule has 118 valence electrons. The van der Waals surface area contributed by atoms with Crippen molar-refractivity contribution < 1.29 is 0 Å². The largest absolute Gasteiger partial charge is 0.357 e. The van der Waals surface area contributed by atoms with Gasteiger partial charge in [-0.15, -0.1) is 0 Å². The molecule has 1 heterocycles. The predicted octanol–water partition coefficient (Wildman–Crippen LogP) is 3.29. The van der Waals surface area contributed by atoms with Gasteiger partial charge < -0.3 is 10.3 Å². The molecule has 0 spiro atoms. The van der Waals surface area contributed by atoms with E-state index in [1.807, 2.05) is 6.07 Å². The molecule has 1 saturated carbocycles. The molecule has 0 aliphatic heterocycles. The third-order valence-electron chi connectivity index (χ3n) is 4.70. The van der Waals surface area contributed by atoms with E-state index < -0.39 is 0 Å². The van der Waals surface area contributed by atoms with Crippen LogP contribution in [0, 0.1) is 5.92 Å². The third kappa shape index (κ3) is 3.84. The number of rotatable bonds is 5. The van der Waals surface area contributed by atoms with Crippen LogP contribution in [0.15, 0.2) is 6.07 Å². The molecule has 2 rings (SSSR count). The highest BCUT2D eigenvalue weighted by Crippen LogP contribution is 2.31. The van der Waals surface area contributed by atoms with Crippen molar-refractivity contribution in [2.24, 2.45) is 11.8 Å². The van der Waals surface area contributed by atoms with Gasteiger partial charge in [-0.1, -0.05) is 27.2 Å². The first kappa shape index (κ1) is 16.0. The topological polar surface area (TPSA) is 67.1 Å². The monoisotopic (exact) mass is 291 g/mol. The molecule has 0 aromatic carbocycles. The summed E-state index contributed by atoms with van der Waals surface area (Å²) in [6.45, 7) is 6.50. The second-order valence-corrected chi connectivity index (χ2v) is 6.46. The SMILES string of the molecule is CCC1CCC(N(C)c2cc(NN)nc(C(C)C)n2)CC1. The highest BCUT2D eigenvalue weighted by Gasteiger charge is 2.24. The highest BCUT2D eigenvalue weighted by molar-refractivity contribution is 5.49. The smallest absolute Gasteiger partial charge is 0.145 e. The van der Waals surface area contributed by atoms with Crippen LogP contribution in [0.3, 0.4) is 0 Å². The molecule has 0 saturated heterocycles. The van der Waals surface area contributed by atoms with Crippen LogP contribution in [0.1, 0.15) is 64.6 Å². The lowest BCUT2D eigenvalue weighted by molar-refractivity contribution is 0.313. The normalized spacial score (nSPS) is 22.4. The summed E-state index contributed by atoms with van der Waals surface area (Å²) in [6, 6.07) is 2.52. The number of hydrogen-bond acceptors (Lipinski definition) is 5. The van der Waals surface area contributed by atoms with Gasteiger partial charge in [0, 0.05) is 25.1 Å². The van der Waals surface area contributed by atoms with Gasteiger partial charge in [0.2, 0.25) is 0 Å². The second kappa shape index (κ2) is 7.07. The number of anilines is 2. The molecule has 0 atom stereocenters. The Bertz CT molecular complexity index is 452. The van der Waals surface area contributed by atoms with Crippen LogP contribution in [0.4, 0.5) is 11.6 Å². The summed E-state index contributed by atoms with van der Waals surface area (Å²) in [5.41, 5.74) is 2.66. The van der Waals surface area contributed by atoms with Crippen molar-refractivity contribution in [2.45, 2.75) is 64.8 Å². The van der Waals surface area contributed by atoms with E-state index in [1.165, 1.54) is 32.1 Å². The quantitative estimate of drug-likeness (QED) is 0.643. The van der Waals surface area contributed by atoms with Crippen molar-refractivity contribution in [3.8, 4) is 0 Å². The lowest BCUT2D eigenvalue weighted by Crippen LogP contribution is -2.36. The Morgan fingerprint density at radius 3 is 2.48 bits per heavy atom. The Labute approximate surface area is 128 Å². The molecule has 5 heteroatoms. The Morgan fingerprint density at radius 1 is 1.29 bits per heavy atom. The van der Waals surface area contributed by atoms with E-state index in [0.717, 1.165) is 17.6 Å². The van der Waals surface area contributed by atoms with Crippen LogP contribution in [0.2, 0.25) is 0 Å². The molecular formula is C16H29N5. The number of hydrogen-bond donors (Lipinski definition) is 2. The van der Waals surface area contributed by atoms with Crippen molar-refractivity contribution in [3.63, 3.8) is 0 Å². The summed E-state index contributed by atoms with van der Waals surface area (Å²) in [4.78, 5) is 11.5. The predicted molar refractivity (Wildman–Crippen MR) is 88.4 cm³/mol. The molecule has 1 fully saturated rings. The van der Waals surface area contributed by atoms with Crippen molar-refractivity contribution in [3.05, 3.63) is 11.9 Å². The first-order valence-electron chi connectivity index (χ1n) is 8.13. The van der Waals surface area contributed by atoms with E-state index in [4.69, 9.17) is 10.8 Å². The fraction of sp³-hybridized carbons (Fsp3) is 0.750. The van der Waals surface area contributed by atoms with Crippen molar-refractivity contribution in [1.82, 2.24) is 9.97 Å². The van der Waals surface area contributed by atoms with E-state index >= 15 is 0 Å². The molecule has 1 aliphatic carbocycles. The molecule has 3 N–H and O–H groups in total. The molecule has 0 unspecified atom stereocenters. The van der Waals surface area contributed by atoms with Crippen LogP contribution < -0.4 is 16.2 Å². The third-order valence-corrected chi connectivity index (χ3v) is 4.70. The Kier molecular flexibility index (Phi) is 5.39. The van der Waals surface area contributed by atoms with Crippen LogP contribution >= 0.6 is 0 Å². The molecule has 0 amide bonds. The fourth-order valence-electron chi connectivity index (χ4n) is 3.09. The van der Waals surface area contributed by atoms with Gasteiger partial charge in [0.05, 0.1) is 0 Å². The zero-order valence-corrected chi connectivity index (χ0v) is 13.8. The van der Waals surface area contributed by atoms with Gasteiger partial charge in [-0.3, -0.25) is 0 Å². The maximum atomic E-state index is 5.54. The van der Waals surface area contributed by atoms with Crippen LogP contribution in [-0.4, -0.2) is 23.1 Å². The van der Waals surface area contributed by atoms with Crippen molar-refractivity contribution >= 4 is 11.6 Å². The summed E-state index contributed by atoms with van der Waals surface area (Å²) in [5.74, 6) is 9.25. The average molecular weight is 291 g/mol. The lowest BCUT2D eigenvalue weighted by Gasteiger charge is -2.35. The highest BCUT2D eigenvalue weighted by atomic mass is 15.3. The van der Waals surface area contributed by atoms with Crippen molar-refractivity contribution in [1.29, 1.82) is 0 Å². The minimum Gasteiger partial charge on any atom is -0.357 e. The Balaban J connectivity index is 2.15. The van der Waals surface area contributed by atoms with E-state index in [2.05, 4.69) is 43.1 Å². The van der Waals surface area contributed by atoms with Crippen LogP contribution in [-0.2, 0) is 0 Å². The first-order chi connectivity index (χ1) is 10.0. The first-order valence-corrected chi connectivity index (χ1v) is 8.13. The maximum Gasteiger partial charge on any atom is 0.145 e. The van der Waals surface area contributed by atoms with Gasteiger partial charge in [-0.05, 0) is 31.6 Å². The van der Waals surface area contributed by atoms with E-state index in [-0.39, 0.29) is 0 Å². The minimum absolute atomic E-state index is 0.293. The minimum atomic E-state index is 0.293. The van der Waals surface area contributed by atoms with Crippen molar-refractivity contribution in [2.75, 3.05) is 17.4 Å². The maximum absolute atomic E-state index is 5.54. The molecule has 5 nitrogen and oxygen atoms in total. The summed E-state index contributed by atoms with van der Waals surface area (Å²) in [6.07, 6.45) is 6.47. The molecule has 1 aromatic heterocycles. The van der Waals surface area contributed by atoms with Gasteiger partial charge in [0.1, 0.15) is 17.5 Å². The van der Waals surface area contributed by atoms with Gasteiger partial charge in [0.15, 0.2) is 0 Å². The number of hydrazine groups is 1. The fourth-order valence-corrected chi connectivity index (χ4v) is 3.09. The van der Waals surface area contributed by atoms with Crippen LogP contribution in [0.25, 0.3) is 0 Å². The zero-order chi connectivity index (χ0) is 15.4. The second-order valence-electron chi connectivity index (χ2n) is 6.46. The van der Waals surface area contributed by atoms with Gasteiger partial charge >= 0.3 is 0 Å². The van der Waals surface area contributed by atoms with Crippen LogP contribution in [0.5, 0.6) is 0 Å². The van der Waals surface area contributed by atoms with E-state index in [0.29, 0.717) is 17.8 Å². The average Bonchev–Trinajstić information content (AvgIpc) is 2.53.